The highest BCUT2D eigenvalue weighted by atomic mass is 16.3. The molecule has 0 unspecified atom stereocenters. The molecule has 1 amide bonds. The molecule has 2 rings (SSSR count). The number of benzene rings is 1. The molecule has 2 aromatic rings. The lowest BCUT2D eigenvalue weighted by Crippen LogP contribution is -2.22. The molecule has 1 atom stereocenters. The second-order valence-electron chi connectivity index (χ2n) is 3.84. The van der Waals surface area contributed by atoms with E-state index in [2.05, 4.69) is 4.98 Å². The third-order valence-electron chi connectivity index (χ3n) is 2.61. The maximum Gasteiger partial charge on any atom is 0.254 e. The first-order chi connectivity index (χ1) is 8.59. The van der Waals surface area contributed by atoms with Gasteiger partial charge in [-0.1, -0.05) is 30.3 Å². The number of hydrogen-bond donors (Lipinski definition) is 3. The zero-order chi connectivity index (χ0) is 13.1. The summed E-state index contributed by atoms with van der Waals surface area (Å²) in [5.74, 6) is -0.794. The highest BCUT2D eigenvalue weighted by Gasteiger charge is 2.13. The lowest BCUT2D eigenvalue weighted by atomic mass is 10.1. The molecule has 0 aliphatic heterocycles. The van der Waals surface area contributed by atoms with E-state index < -0.39 is 17.4 Å². The number of H-pyrrole nitrogens is 1. The van der Waals surface area contributed by atoms with Crippen LogP contribution in [0.5, 0.6) is 0 Å². The topological polar surface area (TPSA) is 96.2 Å². The fourth-order valence-electron chi connectivity index (χ4n) is 1.65. The van der Waals surface area contributed by atoms with Crippen molar-refractivity contribution < 1.29 is 9.90 Å². The predicted molar refractivity (Wildman–Crippen MR) is 66.1 cm³/mol. The van der Waals surface area contributed by atoms with E-state index in [0.29, 0.717) is 11.3 Å². The van der Waals surface area contributed by atoms with Crippen LogP contribution in [-0.2, 0) is 0 Å². The quantitative estimate of drug-likeness (QED) is 0.735. The second-order valence-corrected chi connectivity index (χ2v) is 3.84. The average molecular weight is 244 g/mol. The summed E-state index contributed by atoms with van der Waals surface area (Å²) in [4.78, 5) is 25.2. The van der Waals surface area contributed by atoms with E-state index in [-0.39, 0.29) is 5.56 Å². The number of carbonyl (C=O) groups is 1. The summed E-state index contributed by atoms with van der Waals surface area (Å²) in [5.41, 5.74) is 5.37. The molecule has 0 saturated heterocycles. The van der Waals surface area contributed by atoms with Gasteiger partial charge in [0.1, 0.15) is 11.7 Å². The summed E-state index contributed by atoms with van der Waals surface area (Å²) >= 11 is 0. The van der Waals surface area contributed by atoms with Gasteiger partial charge < -0.3 is 15.8 Å². The zero-order valence-electron chi connectivity index (χ0n) is 9.46. The molecule has 0 fully saturated rings. The molecule has 0 saturated carbocycles. The minimum Gasteiger partial charge on any atom is -0.382 e. The van der Waals surface area contributed by atoms with Gasteiger partial charge in [-0.05, 0) is 5.56 Å². The maximum absolute atomic E-state index is 11.6. The van der Waals surface area contributed by atoms with Crippen LogP contribution in [-0.4, -0.2) is 16.0 Å². The molecule has 92 valence electrons. The van der Waals surface area contributed by atoms with Crippen molar-refractivity contribution in [3.05, 3.63) is 69.6 Å². The first-order valence-corrected chi connectivity index (χ1v) is 5.35. The van der Waals surface area contributed by atoms with Gasteiger partial charge in [-0.2, -0.15) is 0 Å². The lowest BCUT2D eigenvalue weighted by molar-refractivity contribution is 0.0998. The molecule has 1 heterocycles. The van der Waals surface area contributed by atoms with Gasteiger partial charge in [-0.15, -0.1) is 0 Å². The Morgan fingerprint density at radius 1 is 1.28 bits per heavy atom. The fourth-order valence-corrected chi connectivity index (χ4v) is 1.65. The van der Waals surface area contributed by atoms with Crippen LogP contribution in [0.1, 0.15) is 27.7 Å². The minimum atomic E-state index is -0.944. The van der Waals surface area contributed by atoms with Crippen molar-refractivity contribution in [1.82, 2.24) is 4.98 Å². The Hall–Kier alpha value is -2.40. The molecule has 0 aliphatic carbocycles. The van der Waals surface area contributed by atoms with Crippen LogP contribution in [0.3, 0.4) is 0 Å². The Kier molecular flexibility index (Phi) is 3.25. The number of nitrogens with one attached hydrogen (secondary N) is 1. The van der Waals surface area contributed by atoms with Crippen molar-refractivity contribution in [2.75, 3.05) is 0 Å². The first kappa shape index (κ1) is 12.1. The molecule has 0 aliphatic rings. The number of carbonyl (C=O) groups excluding carboxylic acids is 1. The molecule has 0 bridgehead atoms. The van der Waals surface area contributed by atoms with Crippen LogP contribution in [0.15, 0.2) is 47.4 Å². The van der Waals surface area contributed by atoms with Crippen LogP contribution >= 0.6 is 0 Å². The third kappa shape index (κ3) is 2.31. The number of nitrogens with two attached hydrogens (primary N) is 1. The summed E-state index contributed by atoms with van der Waals surface area (Å²) in [6.45, 7) is 0. The predicted octanol–water partition coefficient (Wildman–Crippen LogP) is 0.556. The standard InChI is InChI=1S/C13H12N2O3/c14-13(18)9-7-15-10(6-11(9)16)12(17)8-4-2-1-3-5-8/h1-7,12,17H,(H2,14,18)(H,15,16)/t12-/m0/s1. The van der Waals surface area contributed by atoms with Crippen molar-refractivity contribution >= 4 is 5.91 Å². The molecule has 5 heteroatoms. The smallest absolute Gasteiger partial charge is 0.254 e. The molecule has 5 nitrogen and oxygen atoms in total. The number of hydrogen-bond acceptors (Lipinski definition) is 3. The number of aromatic nitrogens is 1. The summed E-state index contributed by atoms with van der Waals surface area (Å²) in [6.07, 6.45) is 0.271. The van der Waals surface area contributed by atoms with E-state index in [1.165, 1.54) is 12.3 Å². The number of amides is 1. The fraction of sp³-hybridized carbons (Fsp3) is 0.0769. The number of pyridine rings is 1. The molecule has 0 radical (unpaired) electrons. The zero-order valence-corrected chi connectivity index (χ0v) is 9.46. The maximum atomic E-state index is 11.6. The van der Waals surface area contributed by atoms with Crippen molar-refractivity contribution in [3.63, 3.8) is 0 Å². The first-order valence-electron chi connectivity index (χ1n) is 5.35. The summed E-state index contributed by atoms with van der Waals surface area (Å²) in [7, 11) is 0. The van der Waals surface area contributed by atoms with Gasteiger partial charge >= 0.3 is 0 Å². The van der Waals surface area contributed by atoms with Gasteiger partial charge in [0.15, 0.2) is 5.43 Å². The highest BCUT2D eigenvalue weighted by Crippen LogP contribution is 2.18. The van der Waals surface area contributed by atoms with E-state index >= 15 is 0 Å². The number of primary amides is 1. The van der Waals surface area contributed by atoms with Gasteiger partial charge in [0.05, 0.1) is 5.69 Å². The van der Waals surface area contributed by atoms with Gasteiger partial charge in [-0.25, -0.2) is 0 Å². The Morgan fingerprint density at radius 2 is 1.94 bits per heavy atom. The normalized spacial score (nSPS) is 12.1. The summed E-state index contributed by atoms with van der Waals surface area (Å²) in [6, 6.07) is 10.1. The van der Waals surface area contributed by atoms with Gasteiger partial charge in [0, 0.05) is 12.3 Å². The van der Waals surface area contributed by atoms with Crippen LogP contribution < -0.4 is 11.2 Å². The molecule has 18 heavy (non-hydrogen) atoms. The Morgan fingerprint density at radius 3 is 2.50 bits per heavy atom. The molecule has 4 N–H and O–H groups in total. The largest absolute Gasteiger partial charge is 0.382 e. The van der Waals surface area contributed by atoms with E-state index in [4.69, 9.17) is 5.73 Å². The third-order valence-corrected chi connectivity index (χ3v) is 2.61. The van der Waals surface area contributed by atoms with Crippen molar-refractivity contribution in [2.24, 2.45) is 5.73 Å². The van der Waals surface area contributed by atoms with Gasteiger partial charge in [-0.3, -0.25) is 9.59 Å². The molecule has 0 spiro atoms. The summed E-state index contributed by atoms with van der Waals surface area (Å²) < 4.78 is 0. The van der Waals surface area contributed by atoms with E-state index in [0.717, 1.165) is 0 Å². The van der Waals surface area contributed by atoms with E-state index in [9.17, 15) is 14.7 Å². The monoisotopic (exact) mass is 244 g/mol. The molecular formula is C13H12N2O3. The summed E-state index contributed by atoms with van der Waals surface area (Å²) in [5, 5.41) is 10.1. The number of rotatable bonds is 3. The van der Waals surface area contributed by atoms with E-state index in [1.54, 1.807) is 24.3 Å². The minimum absolute atomic E-state index is 0.126. The number of aromatic amines is 1. The SMILES string of the molecule is NC(=O)c1c[nH]c([C@@H](O)c2ccccc2)cc1=O. The number of aliphatic hydroxyl groups excluding tert-OH is 1. The van der Waals surface area contributed by atoms with Crippen LogP contribution in [0, 0.1) is 0 Å². The molecule has 1 aromatic carbocycles. The van der Waals surface area contributed by atoms with Crippen LogP contribution in [0.25, 0.3) is 0 Å². The molecule has 1 aromatic heterocycles. The van der Waals surface area contributed by atoms with Crippen molar-refractivity contribution in [1.29, 1.82) is 0 Å². The van der Waals surface area contributed by atoms with Gasteiger partial charge in [0.2, 0.25) is 0 Å². The van der Waals surface area contributed by atoms with E-state index in [1.807, 2.05) is 6.07 Å². The number of aliphatic hydroxyl groups is 1. The average Bonchev–Trinajstić information content (AvgIpc) is 2.38. The Labute approximate surface area is 103 Å². The second kappa shape index (κ2) is 4.85. The lowest BCUT2D eigenvalue weighted by Gasteiger charge is -2.11. The van der Waals surface area contributed by atoms with Crippen molar-refractivity contribution in [3.8, 4) is 0 Å². The van der Waals surface area contributed by atoms with Crippen LogP contribution in [0.4, 0.5) is 0 Å². The van der Waals surface area contributed by atoms with Gasteiger partial charge in [0.25, 0.3) is 5.91 Å². The Bertz CT molecular complexity index is 620. The van der Waals surface area contributed by atoms with Crippen LogP contribution in [0.2, 0.25) is 0 Å². The van der Waals surface area contributed by atoms with Crippen molar-refractivity contribution in [2.45, 2.75) is 6.10 Å². The highest BCUT2D eigenvalue weighted by molar-refractivity contribution is 5.92. The molecular weight excluding hydrogens is 232 g/mol. The Balaban J connectivity index is 2.39.